The quantitative estimate of drug-likeness (QED) is 0.892. The van der Waals surface area contributed by atoms with Crippen molar-refractivity contribution in [2.24, 2.45) is 0 Å². The van der Waals surface area contributed by atoms with Crippen LogP contribution in [-0.2, 0) is 4.74 Å². The Morgan fingerprint density at radius 3 is 2.38 bits per heavy atom. The maximum atomic E-state index is 11.2. The van der Waals surface area contributed by atoms with Gasteiger partial charge in [0.25, 0.3) is 0 Å². The highest BCUT2D eigenvalue weighted by atomic mass is 16.5. The molecule has 1 saturated heterocycles. The van der Waals surface area contributed by atoms with Crippen LogP contribution in [0.4, 0.5) is 16.2 Å². The number of methoxy groups -OCH3 is 1. The van der Waals surface area contributed by atoms with Gasteiger partial charge in [0.15, 0.2) is 0 Å². The molecule has 0 spiro atoms. The van der Waals surface area contributed by atoms with Gasteiger partial charge in [-0.1, -0.05) is 42.5 Å². The Hall–Kier alpha value is -2.79. The number of nitrogens with zero attached hydrogens (tertiary/aromatic N) is 2. The van der Waals surface area contributed by atoms with Crippen LogP contribution in [0.5, 0.6) is 0 Å². The fourth-order valence-corrected chi connectivity index (χ4v) is 3.02. The summed E-state index contributed by atoms with van der Waals surface area (Å²) in [4.78, 5) is 16.1. The van der Waals surface area contributed by atoms with E-state index in [4.69, 9.17) is 0 Å². The number of benzene rings is 2. The zero-order valence-electron chi connectivity index (χ0n) is 15.1. The molecular weight excluding hydrogens is 326 g/mol. The van der Waals surface area contributed by atoms with Crippen LogP contribution in [0.25, 0.3) is 6.08 Å². The summed E-state index contributed by atoms with van der Waals surface area (Å²) in [7, 11) is 1.36. The zero-order chi connectivity index (χ0) is 18.2. The maximum Gasteiger partial charge on any atom is 0.411 e. The number of hydrogen-bond donors (Lipinski definition) is 1. The number of amides is 1. The molecule has 1 aliphatic heterocycles. The van der Waals surface area contributed by atoms with Gasteiger partial charge in [-0.25, -0.2) is 4.79 Å². The first-order chi connectivity index (χ1) is 12.7. The number of ether oxygens (including phenoxy) is 1. The lowest BCUT2D eigenvalue weighted by molar-refractivity contribution is 0.187. The van der Waals surface area contributed by atoms with Gasteiger partial charge in [-0.05, 0) is 29.8 Å². The molecule has 0 atom stereocenters. The summed E-state index contributed by atoms with van der Waals surface area (Å²) in [5.41, 5.74) is 3.16. The summed E-state index contributed by atoms with van der Waals surface area (Å²) < 4.78 is 4.60. The molecule has 136 valence electrons. The van der Waals surface area contributed by atoms with Gasteiger partial charge in [-0.15, -0.1) is 0 Å². The molecule has 0 aliphatic carbocycles. The smallest absolute Gasteiger partial charge is 0.411 e. The van der Waals surface area contributed by atoms with Crippen LogP contribution in [-0.4, -0.2) is 50.8 Å². The molecule has 0 aromatic heterocycles. The number of carbonyl (C=O) groups excluding carboxylic acids is 1. The van der Waals surface area contributed by atoms with Gasteiger partial charge in [-0.2, -0.15) is 0 Å². The third-order valence-corrected chi connectivity index (χ3v) is 4.51. The number of hydrogen-bond acceptors (Lipinski definition) is 4. The Balaban J connectivity index is 1.46. The Morgan fingerprint density at radius 1 is 1.04 bits per heavy atom. The Morgan fingerprint density at radius 2 is 1.73 bits per heavy atom. The zero-order valence-corrected chi connectivity index (χ0v) is 15.1. The minimum absolute atomic E-state index is 0.449. The molecule has 1 amide bonds. The van der Waals surface area contributed by atoms with Crippen molar-refractivity contribution < 1.29 is 9.53 Å². The highest BCUT2D eigenvalue weighted by Crippen LogP contribution is 2.19. The number of nitrogens with one attached hydrogen (secondary N) is 1. The molecule has 0 radical (unpaired) electrons. The largest absolute Gasteiger partial charge is 0.453 e. The maximum absolute atomic E-state index is 11.2. The topological polar surface area (TPSA) is 44.8 Å². The first-order valence-electron chi connectivity index (χ1n) is 8.88. The van der Waals surface area contributed by atoms with Gasteiger partial charge in [0.05, 0.1) is 7.11 Å². The molecule has 26 heavy (non-hydrogen) atoms. The van der Waals surface area contributed by atoms with Crippen molar-refractivity contribution >= 4 is 23.5 Å². The predicted octanol–water partition coefficient (Wildman–Crippen LogP) is 3.70. The third-order valence-electron chi connectivity index (χ3n) is 4.51. The fraction of sp³-hybridized carbons (Fsp3) is 0.286. The predicted molar refractivity (Wildman–Crippen MR) is 107 cm³/mol. The molecule has 1 heterocycles. The molecule has 5 heteroatoms. The number of piperazine rings is 1. The van der Waals surface area contributed by atoms with Gasteiger partial charge >= 0.3 is 6.09 Å². The fourth-order valence-electron chi connectivity index (χ4n) is 3.02. The van der Waals surface area contributed by atoms with E-state index >= 15 is 0 Å². The molecule has 0 saturated carbocycles. The van der Waals surface area contributed by atoms with Gasteiger partial charge < -0.3 is 9.64 Å². The summed E-state index contributed by atoms with van der Waals surface area (Å²) in [6.45, 7) is 5.07. The summed E-state index contributed by atoms with van der Waals surface area (Å²) >= 11 is 0. The lowest BCUT2D eigenvalue weighted by atomic mass is 10.2. The van der Waals surface area contributed by atoms with Crippen LogP contribution < -0.4 is 10.2 Å². The van der Waals surface area contributed by atoms with Crippen molar-refractivity contribution in [3.05, 3.63) is 66.2 Å². The van der Waals surface area contributed by atoms with Gasteiger partial charge in [0.2, 0.25) is 0 Å². The molecule has 0 unspecified atom stereocenters. The first kappa shape index (κ1) is 18.0. The second-order valence-electron chi connectivity index (χ2n) is 6.26. The SMILES string of the molecule is COC(=O)Nc1ccc(N2CCN(C/C=C/c3ccccc3)CC2)cc1. The summed E-state index contributed by atoms with van der Waals surface area (Å²) in [5.74, 6) is 0. The minimum atomic E-state index is -0.449. The van der Waals surface area contributed by atoms with E-state index < -0.39 is 6.09 Å². The number of carbonyl (C=O) groups is 1. The van der Waals surface area contributed by atoms with Crippen LogP contribution in [0.2, 0.25) is 0 Å². The molecule has 2 aromatic rings. The minimum Gasteiger partial charge on any atom is -0.453 e. The van der Waals surface area contributed by atoms with E-state index in [1.807, 2.05) is 30.3 Å². The van der Waals surface area contributed by atoms with Crippen LogP contribution in [0.15, 0.2) is 60.7 Å². The molecule has 3 rings (SSSR count). The van der Waals surface area contributed by atoms with Crippen LogP contribution >= 0.6 is 0 Å². The average molecular weight is 351 g/mol. The van der Waals surface area contributed by atoms with Crippen molar-refractivity contribution in [2.75, 3.05) is 50.1 Å². The van der Waals surface area contributed by atoms with Crippen molar-refractivity contribution in [1.29, 1.82) is 0 Å². The molecule has 1 aliphatic rings. The lowest BCUT2D eigenvalue weighted by Crippen LogP contribution is -2.46. The van der Waals surface area contributed by atoms with E-state index in [0.717, 1.165) is 38.4 Å². The normalized spacial score (nSPS) is 15.2. The standard InChI is InChI=1S/C21H25N3O2/c1-26-21(25)22-19-9-11-20(12-10-19)24-16-14-23(15-17-24)13-5-8-18-6-3-2-4-7-18/h2-12H,13-17H2,1H3,(H,22,25)/b8-5+. The number of anilines is 2. The third kappa shape index (κ3) is 5.10. The van der Waals surface area contributed by atoms with Crippen molar-refractivity contribution in [2.45, 2.75) is 0 Å². The van der Waals surface area contributed by atoms with Gasteiger partial charge in [-0.3, -0.25) is 10.2 Å². The van der Waals surface area contributed by atoms with E-state index in [0.29, 0.717) is 0 Å². The Labute approximate surface area is 154 Å². The van der Waals surface area contributed by atoms with E-state index in [1.54, 1.807) is 0 Å². The van der Waals surface area contributed by atoms with Crippen LogP contribution in [0, 0.1) is 0 Å². The highest BCUT2D eigenvalue weighted by Gasteiger charge is 2.16. The molecule has 0 bridgehead atoms. The lowest BCUT2D eigenvalue weighted by Gasteiger charge is -2.35. The second kappa shape index (κ2) is 9.06. The number of rotatable bonds is 5. The van der Waals surface area contributed by atoms with E-state index in [-0.39, 0.29) is 0 Å². The monoisotopic (exact) mass is 351 g/mol. The molecule has 1 fully saturated rings. The van der Waals surface area contributed by atoms with Crippen LogP contribution in [0.3, 0.4) is 0 Å². The highest BCUT2D eigenvalue weighted by molar-refractivity contribution is 5.84. The summed E-state index contributed by atoms with van der Waals surface area (Å²) in [6.07, 6.45) is 3.97. The Bertz CT molecular complexity index is 721. The van der Waals surface area contributed by atoms with Crippen molar-refractivity contribution in [3.8, 4) is 0 Å². The molecular formula is C21H25N3O2. The van der Waals surface area contributed by atoms with E-state index in [9.17, 15) is 4.79 Å². The Kier molecular flexibility index (Phi) is 6.28. The van der Waals surface area contributed by atoms with Crippen molar-refractivity contribution in [3.63, 3.8) is 0 Å². The summed E-state index contributed by atoms with van der Waals surface area (Å²) in [5, 5.41) is 2.67. The average Bonchev–Trinajstić information content (AvgIpc) is 2.70. The van der Waals surface area contributed by atoms with Crippen LogP contribution in [0.1, 0.15) is 5.56 Å². The molecule has 5 nitrogen and oxygen atoms in total. The van der Waals surface area contributed by atoms with Gasteiger partial charge in [0, 0.05) is 44.1 Å². The molecule has 1 N–H and O–H groups in total. The van der Waals surface area contributed by atoms with E-state index in [2.05, 4.69) is 56.3 Å². The van der Waals surface area contributed by atoms with E-state index in [1.165, 1.54) is 18.4 Å². The second-order valence-corrected chi connectivity index (χ2v) is 6.26. The van der Waals surface area contributed by atoms with Crippen molar-refractivity contribution in [1.82, 2.24) is 4.90 Å². The molecule has 2 aromatic carbocycles. The summed E-state index contributed by atoms with van der Waals surface area (Å²) in [6, 6.07) is 18.3. The first-order valence-corrected chi connectivity index (χ1v) is 8.88. The van der Waals surface area contributed by atoms with Gasteiger partial charge in [0.1, 0.15) is 0 Å².